The third kappa shape index (κ3) is 2.97. The van der Waals surface area contributed by atoms with Crippen LogP contribution in [-0.4, -0.2) is 10.9 Å². The summed E-state index contributed by atoms with van der Waals surface area (Å²) in [5.41, 5.74) is 3.72. The molecular weight excluding hydrogens is 371 g/mol. The number of carbonyl (C=O) groups excluding carboxylic acids is 1. The van der Waals surface area contributed by atoms with Gasteiger partial charge in [-0.05, 0) is 67.5 Å². The van der Waals surface area contributed by atoms with Crippen molar-refractivity contribution in [2.75, 3.05) is 5.32 Å². The molecule has 19 heavy (non-hydrogen) atoms. The molecule has 5 heteroatoms. The molecule has 100 valence electrons. The Bertz CT molecular complexity index is 630. The van der Waals surface area contributed by atoms with Gasteiger partial charge in [0.2, 0.25) is 0 Å². The van der Waals surface area contributed by atoms with E-state index in [9.17, 15) is 4.79 Å². The number of nitrogens with one attached hydrogen (secondary N) is 1. The number of aryl methyl sites for hydroxylation is 3. The number of hydrogen-bond acceptors (Lipinski definition) is 3. The van der Waals surface area contributed by atoms with E-state index in [2.05, 4.69) is 32.9 Å². The first-order valence-corrected chi connectivity index (χ1v) is 7.80. The molecule has 0 saturated heterocycles. The van der Waals surface area contributed by atoms with Crippen molar-refractivity contribution in [2.45, 2.75) is 27.7 Å². The van der Waals surface area contributed by atoms with Crippen molar-refractivity contribution in [3.8, 4) is 0 Å². The second-order valence-electron chi connectivity index (χ2n) is 4.48. The Kier molecular flexibility index (Phi) is 4.25. The SMILES string of the molecule is Cc1ccc(I)c(C)c1C(=O)Nc1nc(C)c(C)s1. The van der Waals surface area contributed by atoms with Crippen LogP contribution in [0.3, 0.4) is 0 Å². The highest BCUT2D eigenvalue weighted by atomic mass is 127. The van der Waals surface area contributed by atoms with Gasteiger partial charge in [0, 0.05) is 14.0 Å². The molecule has 0 aliphatic heterocycles. The average Bonchev–Trinajstić information content (AvgIpc) is 2.63. The van der Waals surface area contributed by atoms with Crippen molar-refractivity contribution in [3.63, 3.8) is 0 Å². The molecule has 1 aromatic heterocycles. The predicted octanol–water partition coefficient (Wildman–Crippen LogP) is 4.23. The maximum absolute atomic E-state index is 12.4. The number of nitrogens with zero attached hydrogens (tertiary/aromatic N) is 1. The molecule has 0 aliphatic carbocycles. The minimum absolute atomic E-state index is 0.0812. The molecule has 1 aromatic carbocycles. The van der Waals surface area contributed by atoms with E-state index in [0.29, 0.717) is 5.13 Å². The van der Waals surface area contributed by atoms with Crippen LogP contribution in [0.5, 0.6) is 0 Å². The summed E-state index contributed by atoms with van der Waals surface area (Å²) in [6.45, 7) is 7.88. The van der Waals surface area contributed by atoms with Crippen LogP contribution in [0.4, 0.5) is 5.13 Å². The van der Waals surface area contributed by atoms with Gasteiger partial charge in [-0.3, -0.25) is 10.1 Å². The summed E-state index contributed by atoms with van der Waals surface area (Å²) in [7, 11) is 0. The number of rotatable bonds is 2. The minimum Gasteiger partial charge on any atom is -0.298 e. The zero-order chi connectivity index (χ0) is 14.2. The number of benzene rings is 1. The van der Waals surface area contributed by atoms with Crippen LogP contribution in [-0.2, 0) is 0 Å². The third-order valence-electron chi connectivity index (χ3n) is 3.08. The van der Waals surface area contributed by atoms with Gasteiger partial charge in [-0.25, -0.2) is 4.98 Å². The maximum atomic E-state index is 12.4. The van der Waals surface area contributed by atoms with Crippen molar-refractivity contribution in [1.29, 1.82) is 0 Å². The molecule has 1 amide bonds. The minimum atomic E-state index is -0.0812. The van der Waals surface area contributed by atoms with E-state index >= 15 is 0 Å². The number of anilines is 1. The van der Waals surface area contributed by atoms with Gasteiger partial charge in [-0.2, -0.15) is 0 Å². The first-order valence-electron chi connectivity index (χ1n) is 5.91. The topological polar surface area (TPSA) is 42.0 Å². The molecular formula is C14H15IN2OS. The number of aromatic nitrogens is 1. The molecule has 0 atom stereocenters. The lowest BCUT2D eigenvalue weighted by atomic mass is 10.0. The van der Waals surface area contributed by atoms with Gasteiger partial charge in [0.15, 0.2) is 5.13 Å². The molecule has 0 radical (unpaired) electrons. The summed E-state index contributed by atoms with van der Waals surface area (Å²) in [6, 6.07) is 4.00. The van der Waals surface area contributed by atoms with Gasteiger partial charge in [-0.15, -0.1) is 11.3 Å². The fraction of sp³-hybridized carbons (Fsp3) is 0.286. The molecule has 1 N–H and O–H groups in total. The van der Waals surface area contributed by atoms with Crippen molar-refractivity contribution in [3.05, 3.63) is 43.0 Å². The number of amides is 1. The summed E-state index contributed by atoms with van der Waals surface area (Å²) in [6.07, 6.45) is 0. The number of halogens is 1. The molecule has 2 aromatic rings. The van der Waals surface area contributed by atoms with Crippen molar-refractivity contribution in [2.24, 2.45) is 0 Å². The zero-order valence-electron chi connectivity index (χ0n) is 11.3. The summed E-state index contributed by atoms with van der Waals surface area (Å²) < 4.78 is 1.10. The molecule has 0 aliphatic rings. The van der Waals surface area contributed by atoms with Crippen LogP contribution in [0, 0.1) is 31.3 Å². The van der Waals surface area contributed by atoms with Crippen LogP contribution in [0.2, 0.25) is 0 Å². The molecule has 0 unspecified atom stereocenters. The standard InChI is InChI=1S/C14H15IN2OS/c1-7-5-6-11(15)8(2)12(7)13(18)17-14-16-9(3)10(4)19-14/h5-6H,1-4H3,(H,16,17,18). The van der Waals surface area contributed by atoms with Crippen LogP contribution >= 0.6 is 33.9 Å². The van der Waals surface area contributed by atoms with Crippen LogP contribution < -0.4 is 5.32 Å². The third-order valence-corrected chi connectivity index (χ3v) is 5.24. The maximum Gasteiger partial charge on any atom is 0.258 e. The normalized spacial score (nSPS) is 10.6. The summed E-state index contributed by atoms with van der Waals surface area (Å²) in [5, 5.41) is 3.56. The molecule has 0 spiro atoms. The Morgan fingerprint density at radius 2 is 1.95 bits per heavy atom. The van der Waals surface area contributed by atoms with E-state index in [1.54, 1.807) is 0 Å². The van der Waals surface area contributed by atoms with E-state index in [1.807, 2.05) is 39.8 Å². The lowest BCUT2D eigenvalue weighted by molar-refractivity contribution is 0.102. The number of carbonyl (C=O) groups is 1. The van der Waals surface area contributed by atoms with Gasteiger partial charge in [0.25, 0.3) is 5.91 Å². The van der Waals surface area contributed by atoms with Crippen LogP contribution in [0.15, 0.2) is 12.1 Å². The average molecular weight is 386 g/mol. The molecule has 0 saturated carbocycles. The van der Waals surface area contributed by atoms with Crippen molar-refractivity contribution < 1.29 is 4.79 Å². The second-order valence-corrected chi connectivity index (χ2v) is 6.84. The second kappa shape index (κ2) is 5.58. The smallest absolute Gasteiger partial charge is 0.258 e. The van der Waals surface area contributed by atoms with Gasteiger partial charge in [0.05, 0.1) is 5.69 Å². The Labute approximate surface area is 130 Å². The van der Waals surface area contributed by atoms with Gasteiger partial charge in [-0.1, -0.05) is 6.07 Å². The lowest BCUT2D eigenvalue weighted by Crippen LogP contribution is -2.15. The zero-order valence-corrected chi connectivity index (χ0v) is 14.3. The number of hydrogen-bond donors (Lipinski definition) is 1. The van der Waals surface area contributed by atoms with Gasteiger partial charge in [0.1, 0.15) is 0 Å². The molecule has 0 fully saturated rings. The van der Waals surface area contributed by atoms with E-state index in [0.717, 1.165) is 30.8 Å². The van der Waals surface area contributed by atoms with E-state index in [-0.39, 0.29) is 5.91 Å². The molecule has 0 bridgehead atoms. The summed E-state index contributed by atoms with van der Waals surface area (Å²) in [4.78, 5) is 17.9. The summed E-state index contributed by atoms with van der Waals surface area (Å²) >= 11 is 3.76. The first kappa shape index (κ1) is 14.5. The number of thiazole rings is 1. The Morgan fingerprint density at radius 3 is 2.53 bits per heavy atom. The fourth-order valence-electron chi connectivity index (χ4n) is 1.86. The quantitative estimate of drug-likeness (QED) is 0.785. The summed E-state index contributed by atoms with van der Waals surface area (Å²) in [5.74, 6) is -0.0812. The van der Waals surface area contributed by atoms with Crippen molar-refractivity contribution in [1.82, 2.24) is 4.98 Å². The Balaban J connectivity index is 2.33. The predicted molar refractivity (Wildman–Crippen MR) is 88.2 cm³/mol. The fourth-order valence-corrected chi connectivity index (χ4v) is 3.12. The Morgan fingerprint density at radius 1 is 1.26 bits per heavy atom. The monoisotopic (exact) mass is 386 g/mol. The van der Waals surface area contributed by atoms with E-state index in [4.69, 9.17) is 0 Å². The van der Waals surface area contributed by atoms with Crippen LogP contribution in [0.1, 0.15) is 32.1 Å². The lowest BCUT2D eigenvalue weighted by Gasteiger charge is -2.10. The molecule has 2 rings (SSSR count). The first-order chi connectivity index (χ1) is 8.90. The van der Waals surface area contributed by atoms with Crippen LogP contribution in [0.25, 0.3) is 0 Å². The highest BCUT2D eigenvalue weighted by molar-refractivity contribution is 14.1. The highest BCUT2D eigenvalue weighted by Gasteiger charge is 2.16. The van der Waals surface area contributed by atoms with Gasteiger partial charge < -0.3 is 0 Å². The van der Waals surface area contributed by atoms with Crippen molar-refractivity contribution >= 4 is 45.0 Å². The molecule has 3 nitrogen and oxygen atoms in total. The Hall–Kier alpha value is -0.950. The highest BCUT2D eigenvalue weighted by Crippen LogP contribution is 2.24. The molecule has 1 heterocycles. The van der Waals surface area contributed by atoms with E-state index in [1.165, 1.54) is 11.3 Å². The van der Waals surface area contributed by atoms with E-state index < -0.39 is 0 Å². The largest absolute Gasteiger partial charge is 0.298 e. The van der Waals surface area contributed by atoms with Gasteiger partial charge >= 0.3 is 0 Å².